The zero-order chi connectivity index (χ0) is 21.1. The van der Waals surface area contributed by atoms with Gasteiger partial charge in [0.2, 0.25) is 0 Å². The zero-order valence-corrected chi connectivity index (χ0v) is 16.8. The number of benzene rings is 2. The predicted molar refractivity (Wildman–Crippen MR) is 111 cm³/mol. The molecule has 1 aliphatic rings. The van der Waals surface area contributed by atoms with E-state index in [9.17, 15) is 9.59 Å². The van der Waals surface area contributed by atoms with Crippen LogP contribution in [0, 0.1) is 0 Å². The Morgan fingerprint density at radius 1 is 1.10 bits per heavy atom. The van der Waals surface area contributed by atoms with Gasteiger partial charge < -0.3 is 24.3 Å². The van der Waals surface area contributed by atoms with E-state index in [0.717, 1.165) is 5.56 Å². The first-order valence-corrected chi connectivity index (χ1v) is 9.53. The van der Waals surface area contributed by atoms with Gasteiger partial charge in [-0.1, -0.05) is 30.3 Å². The van der Waals surface area contributed by atoms with Crippen molar-refractivity contribution >= 4 is 17.5 Å². The molecular formula is C22H22N4O4. The van der Waals surface area contributed by atoms with Gasteiger partial charge >= 0.3 is 0 Å². The highest BCUT2D eigenvalue weighted by molar-refractivity contribution is 6.04. The minimum atomic E-state index is -0.414. The van der Waals surface area contributed by atoms with Gasteiger partial charge in [0, 0.05) is 31.9 Å². The molecule has 0 bridgehead atoms. The Labute approximate surface area is 174 Å². The van der Waals surface area contributed by atoms with Crippen molar-refractivity contribution in [1.29, 1.82) is 0 Å². The van der Waals surface area contributed by atoms with Crippen LogP contribution in [-0.4, -0.2) is 47.0 Å². The molecule has 0 radical (unpaired) electrons. The second-order valence-corrected chi connectivity index (χ2v) is 6.88. The number of amides is 2. The molecule has 0 unspecified atom stereocenters. The molecule has 1 N–H and O–H groups in total. The fraction of sp³-hybridized carbons (Fsp3) is 0.227. The quantitative estimate of drug-likeness (QED) is 0.680. The number of fused-ring (bicyclic) bond motifs is 1. The normalized spacial score (nSPS) is 13.0. The van der Waals surface area contributed by atoms with E-state index in [1.54, 1.807) is 41.0 Å². The Balaban J connectivity index is 1.51. The molecule has 0 spiro atoms. The van der Waals surface area contributed by atoms with Crippen molar-refractivity contribution in [3.05, 3.63) is 71.8 Å². The molecular weight excluding hydrogens is 384 g/mol. The number of nitrogens with one attached hydrogen (secondary N) is 1. The molecule has 2 amide bonds. The molecule has 2 heterocycles. The lowest BCUT2D eigenvalue weighted by Gasteiger charge is -2.27. The lowest BCUT2D eigenvalue weighted by molar-refractivity contribution is 0.0683. The minimum absolute atomic E-state index is 0.179. The van der Waals surface area contributed by atoms with Gasteiger partial charge in [0.25, 0.3) is 11.8 Å². The molecule has 3 aromatic rings. The molecule has 1 aliphatic heterocycles. The molecule has 0 saturated carbocycles. The van der Waals surface area contributed by atoms with Crippen LogP contribution in [0.25, 0.3) is 0 Å². The second-order valence-electron chi connectivity index (χ2n) is 6.88. The number of aromatic nitrogens is 2. The molecule has 0 atom stereocenters. The average Bonchev–Trinajstić information content (AvgIpc) is 3.22. The maximum Gasteiger partial charge on any atom is 0.290 e. The summed E-state index contributed by atoms with van der Waals surface area (Å²) in [6.07, 6.45) is 1.61. The van der Waals surface area contributed by atoms with Gasteiger partial charge in [-0.05, 0) is 17.7 Å². The summed E-state index contributed by atoms with van der Waals surface area (Å²) in [6, 6.07) is 14.9. The van der Waals surface area contributed by atoms with E-state index < -0.39 is 5.91 Å². The Morgan fingerprint density at radius 2 is 1.90 bits per heavy atom. The summed E-state index contributed by atoms with van der Waals surface area (Å²) in [6.45, 7) is 1.65. The van der Waals surface area contributed by atoms with Gasteiger partial charge in [-0.2, -0.15) is 0 Å². The third kappa shape index (κ3) is 3.84. The summed E-state index contributed by atoms with van der Waals surface area (Å²) in [5.41, 5.74) is 1.72. The van der Waals surface area contributed by atoms with Gasteiger partial charge in [0.05, 0.1) is 19.9 Å². The van der Waals surface area contributed by atoms with Gasteiger partial charge in [-0.15, -0.1) is 0 Å². The first-order valence-electron chi connectivity index (χ1n) is 9.53. The van der Waals surface area contributed by atoms with Gasteiger partial charge in [-0.3, -0.25) is 9.59 Å². The van der Waals surface area contributed by atoms with E-state index >= 15 is 0 Å². The molecule has 8 nitrogen and oxygen atoms in total. The first kappa shape index (κ1) is 19.5. The lowest BCUT2D eigenvalue weighted by atomic mass is 10.2. The Bertz CT molecular complexity index is 1080. The number of rotatable bonds is 6. The molecule has 8 heteroatoms. The number of imidazole rings is 1. The van der Waals surface area contributed by atoms with Crippen LogP contribution in [0.15, 0.2) is 54.7 Å². The monoisotopic (exact) mass is 406 g/mol. The van der Waals surface area contributed by atoms with Crippen LogP contribution in [-0.2, 0) is 13.1 Å². The molecule has 0 fully saturated rings. The van der Waals surface area contributed by atoms with Crippen LogP contribution >= 0.6 is 0 Å². The summed E-state index contributed by atoms with van der Waals surface area (Å²) in [5, 5.41) is 2.78. The van der Waals surface area contributed by atoms with Crippen molar-refractivity contribution in [3.63, 3.8) is 0 Å². The van der Waals surface area contributed by atoms with E-state index in [4.69, 9.17) is 9.47 Å². The smallest absolute Gasteiger partial charge is 0.290 e. The molecule has 4 rings (SSSR count). The number of carbonyl (C=O) groups excluding carboxylic acids is 2. The molecule has 30 heavy (non-hydrogen) atoms. The first-order chi connectivity index (χ1) is 14.6. The maximum atomic E-state index is 12.9. The number of hydrogen-bond acceptors (Lipinski definition) is 5. The number of hydrogen-bond donors (Lipinski definition) is 1. The number of nitrogens with zero attached hydrogens (tertiary/aromatic N) is 3. The standard InChI is InChI=1S/C22H22N4O4/c1-29-16-8-9-17(19(12-16)30-2)24-21(27)18-14-25-10-11-26(22(28)20(25)23-18)13-15-6-4-3-5-7-15/h3-9,12,14H,10-11,13H2,1-2H3,(H,24,27). The van der Waals surface area contributed by atoms with Crippen molar-refractivity contribution < 1.29 is 19.1 Å². The van der Waals surface area contributed by atoms with Crippen molar-refractivity contribution in [3.8, 4) is 11.5 Å². The van der Waals surface area contributed by atoms with Crippen LogP contribution in [0.1, 0.15) is 26.7 Å². The zero-order valence-electron chi connectivity index (χ0n) is 16.8. The largest absolute Gasteiger partial charge is 0.497 e. The fourth-order valence-corrected chi connectivity index (χ4v) is 3.38. The van der Waals surface area contributed by atoms with Crippen molar-refractivity contribution in [2.24, 2.45) is 0 Å². The van der Waals surface area contributed by atoms with Crippen molar-refractivity contribution in [1.82, 2.24) is 14.5 Å². The highest BCUT2D eigenvalue weighted by Gasteiger charge is 2.28. The summed E-state index contributed by atoms with van der Waals surface area (Å²) < 4.78 is 12.2. The number of carbonyl (C=O) groups is 2. The highest BCUT2D eigenvalue weighted by Crippen LogP contribution is 2.29. The van der Waals surface area contributed by atoms with E-state index in [1.165, 1.54) is 7.11 Å². The van der Waals surface area contributed by atoms with E-state index in [0.29, 0.717) is 36.8 Å². The summed E-state index contributed by atoms with van der Waals surface area (Å²) in [5.74, 6) is 0.751. The molecule has 1 aromatic heterocycles. The van der Waals surface area contributed by atoms with Crippen LogP contribution < -0.4 is 14.8 Å². The maximum absolute atomic E-state index is 12.9. The summed E-state index contributed by atoms with van der Waals surface area (Å²) in [7, 11) is 3.07. The number of methoxy groups -OCH3 is 2. The van der Waals surface area contributed by atoms with E-state index in [-0.39, 0.29) is 17.4 Å². The summed E-state index contributed by atoms with van der Waals surface area (Å²) >= 11 is 0. The molecule has 0 aliphatic carbocycles. The van der Waals surface area contributed by atoms with Gasteiger partial charge in [-0.25, -0.2) is 4.98 Å². The highest BCUT2D eigenvalue weighted by atomic mass is 16.5. The molecule has 2 aromatic carbocycles. The van der Waals surface area contributed by atoms with Crippen LogP contribution in [0.4, 0.5) is 5.69 Å². The molecule has 0 saturated heterocycles. The Morgan fingerprint density at radius 3 is 2.63 bits per heavy atom. The Kier molecular flexibility index (Phi) is 5.38. The van der Waals surface area contributed by atoms with Crippen molar-refractivity contribution in [2.75, 3.05) is 26.1 Å². The fourth-order valence-electron chi connectivity index (χ4n) is 3.38. The van der Waals surface area contributed by atoms with Crippen LogP contribution in [0.3, 0.4) is 0 Å². The number of ether oxygens (including phenoxy) is 2. The second kappa shape index (κ2) is 8.28. The number of anilines is 1. The predicted octanol–water partition coefficient (Wildman–Crippen LogP) is 2.81. The topological polar surface area (TPSA) is 85.7 Å². The SMILES string of the molecule is COc1ccc(NC(=O)c2cn3c(n2)C(=O)N(Cc2ccccc2)CC3)c(OC)c1. The van der Waals surface area contributed by atoms with Gasteiger partial charge in [0.1, 0.15) is 17.2 Å². The third-order valence-corrected chi connectivity index (χ3v) is 4.97. The van der Waals surface area contributed by atoms with E-state index in [1.807, 2.05) is 30.3 Å². The molecule has 154 valence electrons. The van der Waals surface area contributed by atoms with Gasteiger partial charge in [0.15, 0.2) is 5.82 Å². The Hall–Kier alpha value is -3.81. The van der Waals surface area contributed by atoms with Crippen LogP contribution in [0.5, 0.6) is 11.5 Å². The summed E-state index contributed by atoms with van der Waals surface area (Å²) in [4.78, 5) is 31.6. The lowest BCUT2D eigenvalue weighted by Crippen LogP contribution is -2.39. The van der Waals surface area contributed by atoms with E-state index in [2.05, 4.69) is 10.3 Å². The average molecular weight is 406 g/mol. The van der Waals surface area contributed by atoms with Crippen molar-refractivity contribution in [2.45, 2.75) is 13.1 Å². The third-order valence-electron chi connectivity index (χ3n) is 4.97. The minimum Gasteiger partial charge on any atom is -0.497 e. The van der Waals surface area contributed by atoms with Crippen LogP contribution in [0.2, 0.25) is 0 Å².